The molecular weight excluding hydrogens is 408 g/mol. The predicted molar refractivity (Wildman–Crippen MR) is 124 cm³/mol. The van der Waals surface area contributed by atoms with Crippen LogP contribution in [0.2, 0.25) is 0 Å². The summed E-state index contributed by atoms with van der Waals surface area (Å²) in [4.78, 5) is 27.6. The second-order valence-electron chi connectivity index (χ2n) is 8.20. The molecule has 5 rings (SSSR count). The van der Waals surface area contributed by atoms with Gasteiger partial charge >= 0.3 is 0 Å². The molecule has 0 radical (unpaired) electrons. The Morgan fingerprint density at radius 2 is 1.87 bits per heavy atom. The van der Waals surface area contributed by atoms with Crippen molar-refractivity contribution in [2.75, 3.05) is 16.8 Å². The number of hydrogen-bond donors (Lipinski definition) is 1. The fourth-order valence-electron chi connectivity index (χ4n) is 4.19. The number of hydrogen-bond acceptors (Lipinski definition) is 4. The third kappa shape index (κ3) is 3.63. The number of thioether (sulfide) groups is 1. The van der Waals surface area contributed by atoms with Gasteiger partial charge < -0.3 is 10.2 Å². The van der Waals surface area contributed by atoms with Crippen LogP contribution in [0, 0.1) is 19.8 Å². The van der Waals surface area contributed by atoms with Crippen molar-refractivity contribution < 1.29 is 9.59 Å². The smallest absolute Gasteiger partial charge is 0.230 e. The van der Waals surface area contributed by atoms with Gasteiger partial charge in [-0.1, -0.05) is 35.9 Å². The summed E-state index contributed by atoms with van der Waals surface area (Å²) < 4.78 is 1.85. The highest BCUT2D eigenvalue weighted by molar-refractivity contribution is 7.98. The first kappa shape index (κ1) is 19.9. The van der Waals surface area contributed by atoms with Gasteiger partial charge in [-0.15, -0.1) is 0 Å². The Kier molecular flexibility index (Phi) is 5.06. The highest BCUT2D eigenvalue weighted by Gasteiger charge is 2.36. The predicted octanol–water partition coefficient (Wildman–Crippen LogP) is 4.23. The maximum atomic E-state index is 13.2. The van der Waals surface area contributed by atoms with Crippen LogP contribution < -0.4 is 10.2 Å². The number of rotatable bonds is 4. The normalized spacial score (nSPS) is 17.8. The van der Waals surface area contributed by atoms with Crippen molar-refractivity contribution in [3.05, 3.63) is 70.9 Å². The quantitative estimate of drug-likeness (QED) is 0.670. The molecule has 1 aromatic heterocycles. The van der Waals surface area contributed by atoms with E-state index in [0.29, 0.717) is 6.54 Å². The Balaban J connectivity index is 1.41. The number of nitrogens with one attached hydrogen (secondary N) is 1. The number of benzene rings is 2. The van der Waals surface area contributed by atoms with Gasteiger partial charge in [0.15, 0.2) is 0 Å². The van der Waals surface area contributed by atoms with Crippen LogP contribution in [0.25, 0.3) is 5.69 Å². The van der Waals surface area contributed by atoms with Crippen LogP contribution in [0.5, 0.6) is 0 Å². The number of carbonyl (C=O) groups is 2. The van der Waals surface area contributed by atoms with E-state index in [9.17, 15) is 9.59 Å². The molecule has 1 saturated heterocycles. The van der Waals surface area contributed by atoms with Gasteiger partial charge in [0, 0.05) is 35.7 Å². The van der Waals surface area contributed by atoms with Gasteiger partial charge in [0.05, 0.1) is 17.3 Å². The molecule has 1 fully saturated rings. The van der Waals surface area contributed by atoms with E-state index in [2.05, 4.69) is 5.32 Å². The van der Waals surface area contributed by atoms with Crippen LogP contribution in [0.1, 0.15) is 28.8 Å². The van der Waals surface area contributed by atoms with Gasteiger partial charge in [0.1, 0.15) is 5.82 Å². The number of aryl methyl sites for hydroxylation is 2. The van der Waals surface area contributed by atoms with Gasteiger partial charge in [0.2, 0.25) is 11.8 Å². The second kappa shape index (κ2) is 7.89. The molecular formula is C24H24N4O2S. The number of anilines is 2. The van der Waals surface area contributed by atoms with Crippen LogP contribution in [0.4, 0.5) is 11.5 Å². The van der Waals surface area contributed by atoms with E-state index in [4.69, 9.17) is 5.10 Å². The van der Waals surface area contributed by atoms with E-state index in [1.54, 1.807) is 16.7 Å². The maximum absolute atomic E-state index is 13.2. The minimum atomic E-state index is -0.390. The van der Waals surface area contributed by atoms with Crippen LogP contribution in [0.15, 0.2) is 48.5 Å². The summed E-state index contributed by atoms with van der Waals surface area (Å²) in [6.45, 7) is 4.45. The van der Waals surface area contributed by atoms with Crippen molar-refractivity contribution in [2.45, 2.75) is 31.8 Å². The van der Waals surface area contributed by atoms with Crippen molar-refractivity contribution in [2.24, 2.45) is 5.92 Å². The highest BCUT2D eigenvalue weighted by atomic mass is 32.2. The lowest BCUT2D eigenvalue weighted by molar-refractivity contribution is -0.122. The van der Waals surface area contributed by atoms with Gasteiger partial charge in [-0.3, -0.25) is 9.59 Å². The zero-order chi connectivity index (χ0) is 21.5. The van der Waals surface area contributed by atoms with E-state index in [1.807, 2.05) is 67.1 Å². The molecule has 2 aliphatic heterocycles. The second-order valence-corrected chi connectivity index (χ2v) is 9.18. The van der Waals surface area contributed by atoms with Crippen LogP contribution in [0.3, 0.4) is 0 Å². The van der Waals surface area contributed by atoms with Crippen LogP contribution in [-0.4, -0.2) is 28.1 Å². The standard InChI is InChI=1S/C24H24N4O2S/c1-15-7-9-18(10-8-15)27-12-17(11-22(27)29)24(30)25-23-19-13-31-14-20(19)26-28(23)21-6-4-3-5-16(21)2/h3-10,17H,11-14H2,1-2H3,(H,25,30). The fourth-order valence-corrected chi connectivity index (χ4v) is 5.23. The summed E-state index contributed by atoms with van der Waals surface area (Å²) in [7, 11) is 0. The topological polar surface area (TPSA) is 67.2 Å². The Morgan fingerprint density at radius 3 is 2.65 bits per heavy atom. The number of nitrogens with zero attached hydrogens (tertiary/aromatic N) is 3. The maximum Gasteiger partial charge on any atom is 0.230 e. The molecule has 31 heavy (non-hydrogen) atoms. The molecule has 0 saturated carbocycles. The Hall–Kier alpha value is -3.06. The third-order valence-electron chi connectivity index (χ3n) is 5.98. The van der Waals surface area contributed by atoms with E-state index < -0.39 is 5.92 Å². The average Bonchev–Trinajstić information content (AvgIpc) is 3.45. The monoisotopic (exact) mass is 432 g/mol. The lowest BCUT2D eigenvalue weighted by Gasteiger charge is -2.17. The van der Waals surface area contributed by atoms with Gasteiger partial charge in [-0.2, -0.15) is 16.9 Å². The first-order valence-corrected chi connectivity index (χ1v) is 11.6. The number of fused-ring (bicyclic) bond motifs is 1. The molecule has 2 aliphatic rings. The SMILES string of the molecule is Cc1ccc(N2CC(C(=O)Nc3c4c(nn3-c3ccccc3C)CSC4)CC2=O)cc1. The molecule has 0 aliphatic carbocycles. The van der Waals surface area contributed by atoms with E-state index in [-0.39, 0.29) is 18.2 Å². The van der Waals surface area contributed by atoms with Crippen LogP contribution >= 0.6 is 11.8 Å². The van der Waals surface area contributed by atoms with E-state index in [1.165, 1.54) is 0 Å². The zero-order valence-electron chi connectivity index (χ0n) is 17.6. The number of aromatic nitrogens is 2. The third-order valence-corrected chi connectivity index (χ3v) is 6.95. The fraction of sp³-hybridized carbons (Fsp3) is 0.292. The van der Waals surface area contributed by atoms with Crippen molar-refractivity contribution in [3.63, 3.8) is 0 Å². The van der Waals surface area contributed by atoms with Crippen molar-refractivity contribution in [3.8, 4) is 5.69 Å². The summed E-state index contributed by atoms with van der Waals surface area (Å²) >= 11 is 1.80. The van der Waals surface area contributed by atoms with Crippen molar-refractivity contribution >= 4 is 35.1 Å². The first-order valence-electron chi connectivity index (χ1n) is 10.4. The highest BCUT2D eigenvalue weighted by Crippen LogP contribution is 2.37. The molecule has 158 valence electrons. The minimum absolute atomic E-state index is 0.0165. The molecule has 3 aromatic rings. The van der Waals surface area contributed by atoms with Crippen molar-refractivity contribution in [1.29, 1.82) is 0 Å². The molecule has 3 heterocycles. The Bertz CT molecular complexity index is 1170. The number of para-hydroxylation sites is 1. The molecule has 2 aromatic carbocycles. The molecule has 6 nitrogen and oxygen atoms in total. The van der Waals surface area contributed by atoms with E-state index >= 15 is 0 Å². The average molecular weight is 433 g/mol. The summed E-state index contributed by atoms with van der Waals surface area (Å²) in [6, 6.07) is 15.9. The zero-order valence-corrected chi connectivity index (χ0v) is 18.4. The molecule has 1 atom stereocenters. The summed E-state index contributed by atoms with van der Waals surface area (Å²) in [5.74, 6) is 1.88. The van der Waals surface area contributed by atoms with Crippen molar-refractivity contribution in [1.82, 2.24) is 9.78 Å². The lowest BCUT2D eigenvalue weighted by atomic mass is 10.1. The Morgan fingerprint density at radius 1 is 1.10 bits per heavy atom. The molecule has 7 heteroatoms. The molecule has 1 unspecified atom stereocenters. The summed E-state index contributed by atoms with van der Waals surface area (Å²) in [5, 5.41) is 7.92. The molecule has 1 N–H and O–H groups in total. The Labute approximate surface area is 185 Å². The number of carbonyl (C=O) groups excluding carboxylic acids is 2. The lowest BCUT2D eigenvalue weighted by Crippen LogP contribution is -2.29. The van der Waals surface area contributed by atoms with E-state index in [0.717, 1.165) is 51.1 Å². The van der Waals surface area contributed by atoms with Gasteiger partial charge in [0.25, 0.3) is 0 Å². The molecule has 0 spiro atoms. The van der Waals surface area contributed by atoms with Gasteiger partial charge in [-0.25, -0.2) is 4.68 Å². The summed E-state index contributed by atoms with van der Waals surface area (Å²) in [6.07, 6.45) is 0.217. The number of amides is 2. The van der Waals surface area contributed by atoms with Crippen LogP contribution in [-0.2, 0) is 21.1 Å². The molecule has 0 bridgehead atoms. The minimum Gasteiger partial charge on any atom is -0.312 e. The van der Waals surface area contributed by atoms with Gasteiger partial charge in [-0.05, 0) is 37.6 Å². The first-order chi connectivity index (χ1) is 15.0. The largest absolute Gasteiger partial charge is 0.312 e. The summed E-state index contributed by atoms with van der Waals surface area (Å²) in [5.41, 5.74) is 6.14. The molecule has 2 amide bonds.